The van der Waals surface area contributed by atoms with Crippen LogP contribution in [-0.4, -0.2) is 0 Å². The predicted molar refractivity (Wildman–Crippen MR) is 59.4 cm³/mol. The van der Waals surface area contributed by atoms with Crippen LogP contribution in [0, 0.1) is 48.4 Å². The van der Waals surface area contributed by atoms with Gasteiger partial charge in [0.25, 0.3) is 0 Å². The van der Waals surface area contributed by atoms with Crippen LogP contribution >= 0.6 is 0 Å². The van der Waals surface area contributed by atoms with Crippen molar-refractivity contribution in [2.24, 2.45) is 0 Å². The maximum absolute atomic E-state index is 6.32. The molecule has 0 amide bonds. The molecule has 0 nitrogen and oxygen atoms in total. The van der Waals surface area contributed by atoms with E-state index in [-0.39, 0.29) is 19.5 Å². The van der Waals surface area contributed by atoms with E-state index in [0.717, 1.165) is 0 Å². The average molecular weight is 244 g/mol. The summed E-state index contributed by atoms with van der Waals surface area (Å²) in [6, 6.07) is 0. The van der Waals surface area contributed by atoms with E-state index < -0.39 is 0 Å². The SMILES string of the molecule is [C-]#CC#C/C=C/C.[C-]#CC#C/C=C/C.[Zn+2]. The van der Waals surface area contributed by atoms with E-state index >= 15 is 0 Å². The molecule has 0 aliphatic rings. The molecule has 15 heavy (non-hydrogen) atoms. The third-order valence-electron chi connectivity index (χ3n) is 0.769. The molecule has 0 spiro atoms. The van der Waals surface area contributed by atoms with Crippen molar-refractivity contribution in [2.45, 2.75) is 13.8 Å². The van der Waals surface area contributed by atoms with Gasteiger partial charge in [0.1, 0.15) is 0 Å². The zero-order valence-electron chi connectivity index (χ0n) is 9.02. The van der Waals surface area contributed by atoms with Gasteiger partial charge in [0, 0.05) is 0 Å². The maximum atomic E-state index is 6.32. The van der Waals surface area contributed by atoms with E-state index in [0.29, 0.717) is 0 Å². The second kappa shape index (κ2) is 22.8. The molecule has 0 rings (SSSR count). The monoisotopic (exact) mass is 242 g/mol. The van der Waals surface area contributed by atoms with Crippen molar-refractivity contribution in [3.05, 3.63) is 37.2 Å². The molecule has 0 N–H and O–H groups in total. The Morgan fingerprint density at radius 3 is 1.33 bits per heavy atom. The van der Waals surface area contributed by atoms with E-state index in [2.05, 4.69) is 23.7 Å². The van der Waals surface area contributed by atoms with Crippen molar-refractivity contribution >= 4 is 0 Å². The molecule has 0 aromatic carbocycles. The summed E-state index contributed by atoms with van der Waals surface area (Å²) in [6.45, 7) is 3.75. The molecule has 0 saturated heterocycles. The summed E-state index contributed by atoms with van der Waals surface area (Å²) < 4.78 is 0. The van der Waals surface area contributed by atoms with Crippen molar-refractivity contribution in [1.82, 2.24) is 0 Å². The van der Waals surface area contributed by atoms with Crippen LogP contribution in [0.2, 0.25) is 0 Å². The number of allylic oxidation sites excluding steroid dienone is 4. The number of hydrogen-bond donors (Lipinski definition) is 0. The third kappa shape index (κ3) is 32.8. The standard InChI is InChI=1S/2C7H5.Zn/c2*1-3-5-7-6-4-2;/h2*3,5H,1H3;/q2*-1;+2/b2*5-3+;. The van der Waals surface area contributed by atoms with E-state index in [1.807, 2.05) is 37.8 Å². The zero-order chi connectivity index (χ0) is 11.1. The van der Waals surface area contributed by atoms with Gasteiger partial charge in [0.15, 0.2) is 0 Å². The Labute approximate surface area is 106 Å². The normalized spacial score (nSPS) is 6.40. The van der Waals surface area contributed by atoms with Crippen LogP contribution in [0.3, 0.4) is 0 Å². The largest absolute Gasteiger partial charge is 2.00 e. The van der Waals surface area contributed by atoms with E-state index in [1.165, 1.54) is 0 Å². The van der Waals surface area contributed by atoms with Gasteiger partial charge >= 0.3 is 19.5 Å². The molecule has 1 heteroatoms. The fourth-order valence-corrected chi connectivity index (χ4v) is 0.322. The Hall–Kier alpha value is -1.66. The van der Waals surface area contributed by atoms with Crippen LogP contribution in [-0.2, 0) is 19.5 Å². The summed E-state index contributed by atoms with van der Waals surface area (Å²) in [4.78, 5) is 0. The Morgan fingerprint density at radius 1 is 0.800 bits per heavy atom. The van der Waals surface area contributed by atoms with Gasteiger partial charge in [-0.05, 0) is 26.0 Å². The first-order chi connectivity index (χ1) is 6.83. The van der Waals surface area contributed by atoms with Crippen molar-refractivity contribution in [1.29, 1.82) is 0 Å². The molecular formula is C14H10Zn. The zero-order valence-corrected chi connectivity index (χ0v) is 12.0. The fourth-order valence-electron chi connectivity index (χ4n) is 0.322. The molecule has 0 aromatic rings. The van der Waals surface area contributed by atoms with Crippen molar-refractivity contribution in [3.63, 3.8) is 0 Å². The second-order valence-electron chi connectivity index (χ2n) is 1.79. The van der Waals surface area contributed by atoms with Crippen LogP contribution in [0.25, 0.3) is 0 Å². The molecule has 0 fully saturated rings. The van der Waals surface area contributed by atoms with Crippen LogP contribution in [0.4, 0.5) is 0 Å². The first-order valence-corrected chi connectivity index (χ1v) is 3.90. The summed E-state index contributed by atoms with van der Waals surface area (Å²) >= 11 is 0. The van der Waals surface area contributed by atoms with Crippen molar-refractivity contribution in [3.8, 4) is 35.5 Å². The fraction of sp³-hybridized carbons (Fsp3) is 0.143. The molecule has 0 aliphatic carbocycles. The van der Waals surface area contributed by atoms with Gasteiger partial charge in [0.2, 0.25) is 0 Å². The molecular weight excluding hydrogens is 234 g/mol. The molecule has 68 valence electrons. The Kier molecular flexibility index (Phi) is 28.9. The summed E-state index contributed by atoms with van der Waals surface area (Å²) in [6.07, 6.45) is 19.6. The smallest absolute Gasteiger partial charge is 0.358 e. The van der Waals surface area contributed by atoms with Crippen LogP contribution in [0.15, 0.2) is 24.3 Å². The Morgan fingerprint density at radius 2 is 1.13 bits per heavy atom. The third-order valence-corrected chi connectivity index (χ3v) is 0.769. The number of rotatable bonds is 0. The summed E-state index contributed by atoms with van der Waals surface area (Å²) in [5, 5.41) is 0. The topological polar surface area (TPSA) is 0 Å². The average Bonchev–Trinajstić information content (AvgIpc) is 2.21. The van der Waals surface area contributed by atoms with Gasteiger partial charge in [-0.1, -0.05) is 12.2 Å². The summed E-state index contributed by atoms with van der Waals surface area (Å²) in [7, 11) is 0. The predicted octanol–water partition coefficient (Wildman–Crippen LogP) is 2.31. The molecule has 0 aromatic heterocycles. The van der Waals surface area contributed by atoms with Gasteiger partial charge < -0.3 is 12.8 Å². The Balaban J connectivity index is -0.000000180. The van der Waals surface area contributed by atoms with Gasteiger partial charge in [-0.25, -0.2) is 11.8 Å². The Bertz CT molecular complexity index is 336. The molecule has 0 atom stereocenters. The molecule has 0 bridgehead atoms. The van der Waals surface area contributed by atoms with Gasteiger partial charge in [-0.2, -0.15) is 11.8 Å². The minimum absolute atomic E-state index is 0. The molecule has 0 aliphatic heterocycles. The number of hydrogen-bond acceptors (Lipinski definition) is 0. The first-order valence-electron chi connectivity index (χ1n) is 3.90. The molecule has 0 saturated carbocycles. The summed E-state index contributed by atoms with van der Waals surface area (Å²) in [5.74, 6) is 13.6. The maximum Gasteiger partial charge on any atom is 2.00 e. The summed E-state index contributed by atoms with van der Waals surface area (Å²) in [5.41, 5.74) is 0. The van der Waals surface area contributed by atoms with Crippen molar-refractivity contribution < 1.29 is 19.5 Å². The first kappa shape index (κ1) is 19.0. The van der Waals surface area contributed by atoms with Gasteiger partial charge in [-0.3, -0.25) is 11.8 Å². The minimum atomic E-state index is 0. The van der Waals surface area contributed by atoms with E-state index in [1.54, 1.807) is 12.2 Å². The molecule has 0 heterocycles. The quantitative estimate of drug-likeness (QED) is 0.348. The van der Waals surface area contributed by atoms with Crippen LogP contribution in [0.1, 0.15) is 13.8 Å². The van der Waals surface area contributed by atoms with Crippen molar-refractivity contribution in [2.75, 3.05) is 0 Å². The van der Waals surface area contributed by atoms with Gasteiger partial charge in [0.05, 0.1) is 0 Å². The molecule has 0 radical (unpaired) electrons. The second-order valence-corrected chi connectivity index (χ2v) is 1.79. The van der Waals surface area contributed by atoms with E-state index in [9.17, 15) is 0 Å². The van der Waals surface area contributed by atoms with Crippen LogP contribution in [0.5, 0.6) is 0 Å². The van der Waals surface area contributed by atoms with E-state index in [4.69, 9.17) is 12.8 Å². The minimum Gasteiger partial charge on any atom is -0.358 e. The molecule has 0 unspecified atom stereocenters. The van der Waals surface area contributed by atoms with Crippen LogP contribution < -0.4 is 0 Å². The van der Waals surface area contributed by atoms with Gasteiger partial charge in [-0.15, -0.1) is 0 Å².